The first-order valence-corrected chi connectivity index (χ1v) is 4.96. The fourth-order valence-corrected chi connectivity index (χ4v) is 1.12. The molecule has 5 heteroatoms. The Kier molecular flexibility index (Phi) is 4.85. The van der Waals surface area contributed by atoms with E-state index >= 15 is 0 Å². The molecular formula is C11H14N2O3. The maximum atomic E-state index is 11.2. The van der Waals surface area contributed by atoms with Gasteiger partial charge in [0.2, 0.25) is 0 Å². The molecule has 0 fully saturated rings. The summed E-state index contributed by atoms with van der Waals surface area (Å²) in [5.41, 5.74) is 0.996. The first kappa shape index (κ1) is 12.0. The van der Waals surface area contributed by atoms with Crippen LogP contribution in [0, 0.1) is 0 Å². The fourth-order valence-electron chi connectivity index (χ4n) is 1.12. The van der Waals surface area contributed by atoms with Crippen molar-refractivity contribution >= 4 is 12.0 Å². The van der Waals surface area contributed by atoms with Gasteiger partial charge in [-0.25, -0.2) is 4.79 Å². The van der Waals surface area contributed by atoms with Gasteiger partial charge in [-0.05, 0) is 5.56 Å². The number of benzene rings is 1. The van der Waals surface area contributed by atoms with Gasteiger partial charge in [0, 0.05) is 13.1 Å². The number of carbonyl (C=O) groups is 2. The number of urea groups is 1. The Morgan fingerprint density at radius 2 is 1.81 bits per heavy atom. The molecule has 5 nitrogen and oxygen atoms in total. The van der Waals surface area contributed by atoms with Gasteiger partial charge in [-0.1, -0.05) is 30.3 Å². The van der Waals surface area contributed by atoms with Crippen molar-refractivity contribution in [3.05, 3.63) is 35.9 Å². The average Bonchev–Trinajstić information content (AvgIpc) is 2.27. The second-order valence-corrected chi connectivity index (χ2v) is 3.24. The highest BCUT2D eigenvalue weighted by Crippen LogP contribution is 1.96. The molecule has 1 aromatic carbocycles. The van der Waals surface area contributed by atoms with Crippen molar-refractivity contribution in [2.24, 2.45) is 0 Å². The Bertz CT molecular complexity index is 352. The summed E-state index contributed by atoms with van der Waals surface area (Å²) in [4.78, 5) is 21.4. The van der Waals surface area contributed by atoms with Gasteiger partial charge in [0.05, 0.1) is 6.42 Å². The van der Waals surface area contributed by atoms with Gasteiger partial charge >= 0.3 is 12.0 Å². The van der Waals surface area contributed by atoms with Crippen LogP contribution in [-0.4, -0.2) is 23.7 Å². The number of aliphatic carboxylic acids is 1. The molecule has 1 aromatic rings. The Morgan fingerprint density at radius 3 is 2.44 bits per heavy atom. The molecule has 0 aliphatic heterocycles. The van der Waals surface area contributed by atoms with Crippen LogP contribution in [0.15, 0.2) is 30.3 Å². The molecule has 0 radical (unpaired) electrons. The van der Waals surface area contributed by atoms with E-state index in [4.69, 9.17) is 5.11 Å². The third-order valence-electron chi connectivity index (χ3n) is 1.92. The van der Waals surface area contributed by atoms with Gasteiger partial charge in [0.1, 0.15) is 0 Å². The van der Waals surface area contributed by atoms with E-state index in [1.54, 1.807) is 0 Å². The molecule has 0 aliphatic carbocycles. The lowest BCUT2D eigenvalue weighted by molar-refractivity contribution is -0.136. The van der Waals surface area contributed by atoms with Crippen molar-refractivity contribution in [2.75, 3.05) is 6.54 Å². The lowest BCUT2D eigenvalue weighted by atomic mass is 10.2. The second-order valence-electron chi connectivity index (χ2n) is 3.24. The minimum Gasteiger partial charge on any atom is -0.481 e. The number of carboxylic acids is 1. The standard InChI is InChI=1S/C11H14N2O3/c14-10(15)6-7-12-11(16)13-8-9-4-2-1-3-5-9/h1-5H,6-8H2,(H,14,15)(H2,12,13,16). The predicted octanol–water partition coefficient (Wildman–Crippen LogP) is 0.960. The van der Waals surface area contributed by atoms with Crippen LogP contribution >= 0.6 is 0 Å². The smallest absolute Gasteiger partial charge is 0.315 e. The van der Waals surface area contributed by atoms with Crippen LogP contribution < -0.4 is 10.6 Å². The molecule has 3 N–H and O–H groups in total. The van der Waals surface area contributed by atoms with Crippen LogP contribution in [0.4, 0.5) is 4.79 Å². The summed E-state index contributed by atoms with van der Waals surface area (Å²) < 4.78 is 0. The Labute approximate surface area is 93.5 Å². The van der Waals surface area contributed by atoms with E-state index < -0.39 is 5.97 Å². The Balaban J connectivity index is 2.18. The predicted molar refractivity (Wildman–Crippen MR) is 58.9 cm³/mol. The SMILES string of the molecule is O=C(O)CCNC(=O)NCc1ccccc1. The topological polar surface area (TPSA) is 78.4 Å². The van der Waals surface area contributed by atoms with E-state index in [1.165, 1.54) is 0 Å². The van der Waals surface area contributed by atoms with E-state index in [0.29, 0.717) is 6.54 Å². The monoisotopic (exact) mass is 222 g/mol. The van der Waals surface area contributed by atoms with Crippen LogP contribution in [0.1, 0.15) is 12.0 Å². The highest BCUT2D eigenvalue weighted by molar-refractivity contribution is 5.74. The summed E-state index contributed by atoms with van der Waals surface area (Å²) in [6, 6.07) is 9.12. The van der Waals surface area contributed by atoms with E-state index in [2.05, 4.69) is 10.6 Å². The van der Waals surface area contributed by atoms with Gasteiger partial charge in [0.15, 0.2) is 0 Å². The number of rotatable bonds is 5. The lowest BCUT2D eigenvalue weighted by Crippen LogP contribution is -2.36. The van der Waals surface area contributed by atoms with Crippen molar-refractivity contribution in [3.63, 3.8) is 0 Å². The van der Waals surface area contributed by atoms with Crippen LogP contribution in [0.3, 0.4) is 0 Å². The first-order valence-electron chi connectivity index (χ1n) is 4.96. The highest BCUT2D eigenvalue weighted by Gasteiger charge is 2.01. The van der Waals surface area contributed by atoms with Gasteiger partial charge in [-0.3, -0.25) is 4.79 Å². The van der Waals surface area contributed by atoms with Crippen LogP contribution in [-0.2, 0) is 11.3 Å². The maximum Gasteiger partial charge on any atom is 0.315 e. The molecule has 0 heterocycles. The molecule has 0 bridgehead atoms. The minimum absolute atomic E-state index is 0.0707. The number of nitrogens with one attached hydrogen (secondary N) is 2. The molecule has 0 saturated carbocycles. The van der Waals surface area contributed by atoms with Crippen molar-refractivity contribution in [1.82, 2.24) is 10.6 Å². The number of hydrogen-bond acceptors (Lipinski definition) is 2. The lowest BCUT2D eigenvalue weighted by Gasteiger charge is -2.06. The van der Waals surface area contributed by atoms with Gasteiger partial charge in [0.25, 0.3) is 0 Å². The molecule has 86 valence electrons. The van der Waals surface area contributed by atoms with Crippen LogP contribution in [0.2, 0.25) is 0 Å². The molecule has 0 aromatic heterocycles. The normalized spacial score (nSPS) is 9.50. The molecule has 0 atom stereocenters. The number of carboxylic acid groups (broad SMARTS) is 1. The Hall–Kier alpha value is -2.04. The van der Waals surface area contributed by atoms with Crippen molar-refractivity contribution in [2.45, 2.75) is 13.0 Å². The van der Waals surface area contributed by atoms with Gasteiger partial charge in [-0.15, -0.1) is 0 Å². The van der Waals surface area contributed by atoms with Gasteiger partial charge in [-0.2, -0.15) is 0 Å². The van der Waals surface area contributed by atoms with Crippen LogP contribution in [0.5, 0.6) is 0 Å². The van der Waals surface area contributed by atoms with Crippen molar-refractivity contribution < 1.29 is 14.7 Å². The van der Waals surface area contributed by atoms with Crippen LogP contribution in [0.25, 0.3) is 0 Å². The maximum absolute atomic E-state index is 11.2. The van der Waals surface area contributed by atoms with E-state index in [1.807, 2.05) is 30.3 Å². The summed E-state index contributed by atoms with van der Waals surface area (Å²) in [5.74, 6) is -0.927. The summed E-state index contributed by atoms with van der Waals surface area (Å²) in [6.07, 6.45) is -0.0707. The zero-order chi connectivity index (χ0) is 11.8. The molecule has 1 rings (SSSR count). The summed E-state index contributed by atoms with van der Waals surface area (Å²) >= 11 is 0. The first-order chi connectivity index (χ1) is 7.68. The average molecular weight is 222 g/mol. The fraction of sp³-hybridized carbons (Fsp3) is 0.273. The van der Waals surface area contributed by atoms with Gasteiger partial charge < -0.3 is 15.7 Å². The minimum atomic E-state index is -0.927. The molecule has 2 amide bonds. The number of amides is 2. The molecule has 16 heavy (non-hydrogen) atoms. The summed E-state index contributed by atoms with van der Waals surface area (Å²) in [5, 5.41) is 13.4. The molecule has 0 aliphatic rings. The highest BCUT2D eigenvalue weighted by atomic mass is 16.4. The summed E-state index contributed by atoms with van der Waals surface area (Å²) in [6.45, 7) is 0.565. The van der Waals surface area contributed by atoms with Crippen molar-refractivity contribution in [3.8, 4) is 0 Å². The number of hydrogen-bond donors (Lipinski definition) is 3. The molecular weight excluding hydrogens is 208 g/mol. The second kappa shape index (κ2) is 6.44. The van der Waals surface area contributed by atoms with Crippen molar-refractivity contribution in [1.29, 1.82) is 0 Å². The summed E-state index contributed by atoms with van der Waals surface area (Å²) in [7, 11) is 0. The molecule has 0 unspecified atom stereocenters. The number of carbonyl (C=O) groups excluding carboxylic acids is 1. The largest absolute Gasteiger partial charge is 0.481 e. The third kappa shape index (κ3) is 4.99. The molecule has 0 saturated heterocycles. The zero-order valence-electron chi connectivity index (χ0n) is 8.77. The van der Waals surface area contributed by atoms with E-state index in [9.17, 15) is 9.59 Å². The quantitative estimate of drug-likeness (QED) is 0.694. The van der Waals surface area contributed by atoms with E-state index in [-0.39, 0.29) is 19.0 Å². The third-order valence-corrected chi connectivity index (χ3v) is 1.92. The van der Waals surface area contributed by atoms with E-state index in [0.717, 1.165) is 5.56 Å². The Morgan fingerprint density at radius 1 is 1.12 bits per heavy atom. The zero-order valence-corrected chi connectivity index (χ0v) is 8.77. The molecule has 0 spiro atoms.